The van der Waals surface area contributed by atoms with Crippen LogP contribution >= 0.6 is 0 Å². The van der Waals surface area contributed by atoms with Gasteiger partial charge in [0.2, 0.25) is 5.95 Å². The van der Waals surface area contributed by atoms with Crippen LogP contribution in [0.5, 0.6) is 0 Å². The average molecular weight is 328 g/mol. The first kappa shape index (κ1) is 18.2. The molecule has 2 rings (SSSR count). The lowest BCUT2D eigenvalue weighted by Crippen LogP contribution is -2.25. The molecule has 0 spiro atoms. The number of hydrogen-bond acceptors (Lipinski definition) is 4. The summed E-state index contributed by atoms with van der Waals surface area (Å²) in [6, 6.07) is 4.50. The Labute approximate surface area is 144 Å². The molecule has 0 aliphatic carbocycles. The van der Waals surface area contributed by atoms with E-state index in [0.29, 0.717) is 5.95 Å². The van der Waals surface area contributed by atoms with Gasteiger partial charge in [-0.1, -0.05) is 52.2 Å². The maximum atomic E-state index is 12.5. The first-order chi connectivity index (χ1) is 11.6. The van der Waals surface area contributed by atoms with Crippen molar-refractivity contribution in [1.29, 1.82) is 0 Å². The number of aryl methyl sites for hydroxylation is 3. The number of benzene rings is 1. The third kappa shape index (κ3) is 4.02. The normalized spacial score (nSPS) is 10.8. The van der Waals surface area contributed by atoms with Gasteiger partial charge in [-0.3, -0.25) is 4.57 Å². The summed E-state index contributed by atoms with van der Waals surface area (Å²) in [6.45, 7) is 6.53. The molecule has 1 heterocycles. The Bertz CT molecular complexity index is 709. The summed E-state index contributed by atoms with van der Waals surface area (Å²) >= 11 is 0. The fraction of sp³-hybridized carbons (Fsp3) is 0.526. The Morgan fingerprint density at radius 1 is 1.00 bits per heavy atom. The van der Waals surface area contributed by atoms with Crippen molar-refractivity contribution in [3.8, 4) is 5.69 Å². The van der Waals surface area contributed by atoms with Crippen molar-refractivity contribution in [2.75, 3.05) is 12.4 Å². The number of rotatable bonds is 8. The molecule has 0 saturated heterocycles. The maximum Gasteiger partial charge on any atom is 0.356 e. The Morgan fingerprint density at radius 2 is 1.58 bits per heavy atom. The quantitative estimate of drug-likeness (QED) is 0.805. The Hall–Kier alpha value is -2.17. The lowest BCUT2D eigenvalue weighted by molar-refractivity contribution is 0.802. The van der Waals surface area contributed by atoms with E-state index in [4.69, 9.17) is 0 Å². The van der Waals surface area contributed by atoms with Crippen molar-refractivity contribution in [3.63, 3.8) is 0 Å². The number of nitrogens with zero attached hydrogens (tertiary/aromatic N) is 3. The third-order valence-corrected chi connectivity index (χ3v) is 4.07. The molecule has 24 heavy (non-hydrogen) atoms. The summed E-state index contributed by atoms with van der Waals surface area (Å²) in [5.74, 6) is 0.355. The van der Waals surface area contributed by atoms with Crippen LogP contribution in [0.4, 0.5) is 5.95 Å². The predicted octanol–water partition coefficient (Wildman–Crippen LogP) is 3.53. The SMILES string of the molecule is CCCc1cc(CCC)c(-n2cnc(NC)nc2=O)c(CCC)c1. The monoisotopic (exact) mass is 328 g/mol. The van der Waals surface area contributed by atoms with E-state index in [-0.39, 0.29) is 5.69 Å². The van der Waals surface area contributed by atoms with Crippen LogP contribution in [0, 0.1) is 0 Å². The van der Waals surface area contributed by atoms with Crippen LogP contribution in [-0.2, 0) is 19.3 Å². The first-order valence-corrected chi connectivity index (χ1v) is 8.93. The standard InChI is InChI=1S/C19H28N4O/c1-5-8-14-11-15(9-6-2)17(16(12-14)10-7-3)23-13-21-18(20-4)22-19(23)24/h11-13H,5-10H2,1-4H3,(H,20,22,24). The smallest absolute Gasteiger partial charge is 0.356 e. The summed E-state index contributed by atoms with van der Waals surface area (Å²) in [4.78, 5) is 20.7. The molecule has 0 aliphatic heterocycles. The second kappa shape index (κ2) is 8.62. The van der Waals surface area contributed by atoms with E-state index < -0.39 is 0 Å². The van der Waals surface area contributed by atoms with E-state index in [1.807, 2.05) is 0 Å². The number of nitrogens with one attached hydrogen (secondary N) is 1. The lowest BCUT2D eigenvalue weighted by Gasteiger charge is -2.18. The molecular weight excluding hydrogens is 300 g/mol. The van der Waals surface area contributed by atoms with E-state index in [1.165, 1.54) is 16.7 Å². The summed E-state index contributed by atoms with van der Waals surface area (Å²) in [7, 11) is 1.71. The fourth-order valence-corrected chi connectivity index (χ4v) is 3.10. The molecule has 1 aromatic heterocycles. The highest BCUT2D eigenvalue weighted by molar-refractivity contribution is 5.51. The number of aromatic nitrogens is 3. The molecule has 130 valence electrons. The molecule has 0 fully saturated rings. The molecule has 1 N–H and O–H groups in total. The Balaban J connectivity index is 2.67. The Morgan fingerprint density at radius 3 is 2.04 bits per heavy atom. The van der Waals surface area contributed by atoms with Gasteiger partial charge in [-0.05, 0) is 36.0 Å². The van der Waals surface area contributed by atoms with Crippen LogP contribution in [0.25, 0.3) is 5.69 Å². The average Bonchev–Trinajstić information content (AvgIpc) is 2.56. The fourth-order valence-electron chi connectivity index (χ4n) is 3.10. The van der Waals surface area contributed by atoms with Crippen molar-refractivity contribution in [3.05, 3.63) is 45.6 Å². The minimum Gasteiger partial charge on any atom is -0.357 e. The number of anilines is 1. The van der Waals surface area contributed by atoms with Gasteiger partial charge in [-0.25, -0.2) is 9.78 Å². The minimum absolute atomic E-state index is 0.285. The van der Waals surface area contributed by atoms with Crippen molar-refractivity contribution in [2.45, 2.75) is 59.3 Å². The summed E-state index contributed by atoms with van der Waals surface area (Å²) < 4.78 is 1.60. The topological polar surface area (TPSA) is 59.8 Å². The van der Waals surface area contributed by atoms with Crippen LogP contribution in [-0.4, -0.2) is 21.6 Å². The third-order valence-electron chi connectivity index (χ3n) is 4.07. The van der Waals surface area contributed by atoms with Crippen LogP contribution in [0.15, 0.2) is 23.3 Å². The highest BCUT2D eigenvalue weighted by atomic mass is 16.1. The summed E-state index contributed by atoms with van der Waals surface area (Å²) in [6.07, 6.45) is 7.76. The first-order valence-electron chi connectivity index (χ1n) is 8.93. The van der Waals surface area contributed by atoms with E-state index in [1.54, 1.807) is 17.9 Å². The van der Waals surface area contributed by atoms with Crippen LogP contribution in [0.1, 0.15) is 56.7 Å². The zero-order valence-electron chi connectivity index (χ0n) is 15.2. The second-order valence-corrected chi connectivity index (χ2v) is 6.10. The van der Waals surface area contributed by atoms with E-state index >= 15 is 0 Å². The second-order valence-electron chi connectivity index (χ2n) is 6.10. The van der Waals surface area contributed by atoms with Gasteiger partial charge in [0.1, 0.15) is 6.33 Å². The van der Waals surface area contributed by atoms with Gasteiger partial charge in [0, 0.05) is 7.05 Å². The van der Waals surface area contributed by atoms with Crippen LogP contribution in [0.3, 0.4) is 0 Å². The molecule has 0 amide bonds. The lowest BCUT2D eigenvalue weighted by atomic mass is 9.95. The summed E-state index contributed by atoms with van der Waals surface area (Å²) in [5, 5.41) is 2.82. The predicted molar refractivity (Wildman–Crippen MR) is 99.2 cm³/mol. The molecule has 2 aromatic rings. The van der Waals surface area contributed by atoms with Gasteiger partial charge in [-0.15, -0.1) is 0 Å². The zero-order chi connectivity index (χ0) is 17.5. The molecule has 0 radical (unpaired) electrons. The number of hydrogen-bond donors (Lipinski definition) is 1. The highest BCUT2D eigenvalue weighted by Crippen LogP contribution is 2.25. The van der Waals surface area contributed by atoms with Gasteiger partial charge in [0.25, 0.3) is 0 Å². The van der Waals surface area contributed by atoms with E-state index in [9.17, 15) is 4.79 Å². The van der Waals surface area contributed by atoms with Crippen LogP contribution < -0.4 is 11.0 Å². The van der Waals surface area contributed by atoms with Gasteiger partial charge < -0.3 is 5.32 Å². The molecule has 5 heteroatoms. The van der Waals surface area contributed by atoms with Crippen molar-refractivity contribution >= 4 is 5.95 Å². The minimum atomic E-state index is -0.285. The molecule has 1 aromatic carbocycles. The van der Waals surface area contributed by atoms with Crippen molar-refractivity contribution in [2.24, 2.45) is 0 Å². The van der Waals surface area contributed by atoms with Crippen molar-refractivity contribution in [1.82, 2.24) is 14.5 Å². The van der Waals surface area contributed by atoms with Gasteiger partial charge in [0.15, 0.2) is 0 Å². The maximum absolute atomic E-state index is 12.5. The summed E-state index contributed by atoms with van der Waals surface area (Å²) in [5.41, 5.74) is 4.48. The zero-order valence-corrected chi connectivity index (χ0v) is 15.2. The molecule has 5 nitrogen and oxygen atoms in total. The Kier molecular flexibility index (Phi) is 6.53. The van der Waals surface area contributed by atoms with Crippen molar-refractivity contribution < 1.29 is 0 Å². The van der Waals surface area contributed by atoms with Crippen LogP contribution in [0.2, 0.25) is 0 Å². The highest BCUT2D eigenvalue weighted by Gasteiger charge is 2.14. The molecule has 0 bridgehead atoms. The molecular formula is C19H28N4O. The molecule has 0 atom stereocenters. The molecule has 0 aliphatic rings. The molecule has 0 unspecified atom stereocenters. The largest absolute Gasteiger partial charge is 0.357 e. The van der Waals surface area contributed by atoms with Gasteiger partial charge >= 0.3 is 5.69 Å². The van der Waals surface area contributed by atoms with Gasteiger partial charge in [-0.2, -0.15) is 4.98 Å². The van der Waals surface area contributed by atoms with Gasteiger partial charge in [0.05, 0.1) is 5.69 Å². The van der Waals surface area contributed by atoms with E-state index in [0.717, 1.165) is 44.2 Å². The van der Waals surface area contributed by atoms with E-state index in [2.05, 4.69) is 48.2 Å². The molecule has 0 saturated carbocycles.